The minimum atomic E-state index is 0.432. The number of hydrogen-bond acceptors (Lipinski definition) is 3. The van der Waals surface area contributed by atoms with Crippen molar-refractivity contribution < 1.29 is 3.63 Å². The van der Waals surface area contributed by atoms with E-state index in [0.717, 1.165) is 0 Å². The van der Waals surface area contributed by atoms with Crippen LogP contribution in [-0.4, -0.2) is 9.49 Å². The van der Waals surface area contributed by atoms with Gasteiger partial charge in [-0.2, -0.15) is 0 Å². The van der Waals surface area contributed by atoms with Gasteiger partial charge < -0.3 is 0 Å². The molecule has 2 aliphatic rings. The summed E-state index contributed by atoms with van der Waals surface area (Å²) < 4.78 is 7.21. The van der Waals surface area contributed by atoms with Gasteiger partial charge in [-0.05, 0) is 38.5 Å². The van der Waals surface area contributed by atoms with Crippen LogP contribution in [0, 0.1) is 0 Å². The fourth-order valence-electron chi connectivity index (χ4n) is 4.30. The van der Waals surface area contributed by atoms with Crippen LogP contribution in [0.2, 0.25) is 0 Å². The lowest BCUT2D eigenvalue weighted by molar-refractivity contribution is 0.352. The number of unbranched alkanes of at least 4 members (excludes halogenated alkanes) is 2. The van der Waals surface area contributed by atoms with Gasteiger partial charge in [0.2, 0.25) is 0 Å². The smallest absolute Gasteiger partial charge is 0.0435 e. The highest BCUT2D eigenvalue weighted by molar-refractivity contribution is 8.09. The van der Waals surface area contributed by atoms with Gasteiger partial charge >= 0.3 is 0 Å². The van der Waals surface area contributed by atoms with Crippen LogP contribution in [0.3, 0.4) is 0 Å². The Bertz CT molecular complexity index is 277. The molecule has 0 saturated heterocycles. The maximum absolute atomic E-state index is 6.35. The molecule has 0 aromatic rings. The van der Waals surface area contributed by atoms with E-state index in [4.69, 9.17) is 3.63 Å². The number of rotatable bonds is 10. The molecule has 0 spiro atoms. The summed E-state index contributed by atoms with van der Waals surface area (Å²) in [6, 6.07) is 0. The summed E-state index contributed by atoms with van der Waals surface area (Å²) in [6.45, 7) is 4.64. The van der Waals surface area contributed by atoms with Crippen LogP contribution in [0.5, 0.6) is 0 Å². The zero-order valence-electron chi connectivity index (χ0n) is 15.5. The molecule has 23 heavy (non-hydrogen) atoms. The molecule has 136 valence electrons. The largest absolute Gasteiger partial charge is 0.246 e. The van der Waals surface area contributed by atoms with E-state index in [1.54, 1.807) is 0 Å². The summed E-state index contributed by atoms with van der Waals surface area (Å²) in [5.74, 6) is 0. The SMILES string of the molecule is CCCCC1(SOSC2(CCCC)CCCCC2)CCCCC1. The molecular formula is C20H38OS2. The van der Waals surface area contributed by atoms with Gasteiger partial charge in [-0.3, -0.25) is 0 Å². The first kappa shape index (κ1) is 20.0. The van der Waals surface area contributed by atoms with E-state index in [1.807, 2.05) is 24.1 Å². The van der Waals surface area contributed by atoms with Crippen LogP contribution in [-0.2, 0) is 3.63 Å². The lowest BCUT2D eigenvalue weighted by Gasteiger charge is -2.39. The zero-order valence-corrected chi connectivity index (χ0v) is 17.2. The Balaban J connectivity index is 1.85. The first-order chi connectivity index (χ1) is 11.2. The van der Waals surface area contributed by atoms with Gasteiger partial charge in [0.15, 0.2) is 0 Å². The summed E-state index contributed by atoms with van der Waals surface area (Å²) in [7, 11) is 0. The molecule has 2 fully saturated rings. The van der Waals surface area contributed by atoms with E-state index in [0.29, 0.717) is 9.49 Å². The molecule has 0 aliphatic heterocycles. The first-order valence-electron chi connectivity index (χ1n) is 10.3. The van der Waals surface area contributed by atoms with Crippen LogP contribution < -0.4 is 0 Å². The van der Waals surface area contributed by atoms with Crippen molar-refractivity contribution in [3.8, 4) is 0 Å². The maximum atomic E-state index is 6.35. The zero-order chi connectivity index (χ0) is 16.4. The van der Waals surface area contributed by atoms with E-state index in [-0.39, 0.29) is 0 Å². The predicted octanol–water partition coefficient (Wildman–Crippen LogP) is 8.09. The molecule has 2 saturated carbocycles. The quantitative estimate of drug-likeness (QED) is 0.365. The third-order valence-electron chi connectivity index (χ3n) is 5.92. The molecule has 0 amide bonds. The van der Waals surface area contributed by atoms with Crippen LogP contribution >= 0.6 is 24.1 Å². The van der Waals surface area contributed by atoms with Crippen molar-refractivity contribution in [2.45, 2.75) is 126 Å². The Kier molecular flexibility index (Phi) is 9.21. The first-order valence-corrected chi connectivity index (χ1v) is 11.8. The molecule has 0 unspecified atom stereocenters. The van der Waals surface area contributed by atoms with Crippen LogP contribution in [0.25, 0.3) is 0 Å². The molecule has 0 aromatic heterocycles. The highest BCUT2D eigenvalue weighted by Crippen LogP contribution is 2.50. The van der Waals surface area contributed by atoms with Crippen molar-refractivity contribution in [3.05, 3.63) is 0 Å². The second-order valence-corrected chi connectivity index (χ2v) is 10.5. The Hall–Kier alpha value is 0.660. The van der Waals surface area contributed by atoms with E-state index in [1.165, 1.54) is 103 Å². The van der Waals surface area contributed by atoms with Crippen molar-refractivity contribution >= 4 is 24.1 Å². The van der Waals surface area contributed by atoms with Gasteiger partial charge in [-0.1, -0.05) is 78.1 Å². The molecule has 0 aromatic carbocycles. The van der Waals surface area contributed by atoms with Crippen LogP contribution in [0.4, 0.5) is 0 Å². The highest BCUT2D eigenvalue weighted by atomic mass is 32.2. The van der Waals surface area contributed by atoms with Gasteiger partial charge in [-0.25, -0.2) is 3.63 Å². The van der Waals surface area contributed by atoms with Crippen LogP contribution in [0.1, 0.15) is 117 Å². The second kappa shape index (κ2) is 10.6. The third kappa shape index (κ3) is 6.47. The topological polar surface area (TPSA) is 9.23 Å². The van der Waals surface area contributed by atoms with Gasteiger partial charge in [0.25, 0.3) is 0 Å². The Labute approximate surface area is 153 Å². The standard InChI is InChI=1S/C20H38OS2/c1-3-5-13-19(15-9-7-10-16-19)22-21-23-20(14-6-4-2)17-11-8-12-18-20/h3-18H2,1-2H3. The van der Waals surface area contributed by atoms with Gasteiger partial charge in [-0.15, -0.1) is 0 Å². The predicted molar refractivity (Wildman–Crippen MR) is 107 cm³/mol. The molecule has 1 nitrogen and oxygen atoms in total. The minimum Gasteiger partial charge on any atom is -0.246 e. The summed E-state index contributed by atoms with van der Waals surface area (Å²) >= 11 is 3.75. The second-order valence-electron chi connectivity index (χ2n) is 7.93. The van der Waals surface area contributed by atoms with Crippen molar-refractivity contribution in [2.24, 2.45) is 0 Å². The lowest BCUT2D eigenvalue weighted by Crippen LogP contribution is -2.30. The fraction of sp³-hybridized carbons (Fsp3) is 1.00. The summed E-state index contributed by atoms with van der Waals surface area (Å²) in [5.41, 5.74) is 0. The van der Waals surface area contributed by atoms with Gasteiger partial charge in [0.05, 0.1) is 0 Å². The molecule has 2 aliphatic carbocycles. The minimum absolute atomic E-state index is 0.432. The lowest BCUT2D eigenvalue weighted by atomic mass is 9.85. The average Bonchev–Trinajstić information content (AvgIpc) is 2.60. The van der Waals surface area contributed by atoms with Crippen molar-refractivity contribution in [2.75, 3.05) is 0 Å². The number of hydrogen-bond donors (Lipinski definition) is 0. The molecule has 0 radical (unpaired) electrons. The Morgan fingerprint density at radius 1 is 0.652 bits per heavy atom. The molecular weight excluding hydrogens is 320 g/mol. The normalized spacial score (nSPS) is 23.7. The van der Waals surface area contributed by atoms with Crippen LogP contribution in [0.15, 0.2) is 0 Å². The van der Waals surface area contributed by atoms with Crippen molar-refractivity contribution in [1.82, 2.24) is 0 Å². The molecule has 0 heterocycles. The Morgan fingerprint density at radius 3 is 1.39 bits per heavy atom. The maximum Gasteiger partial charge on any atom is 0.0435 e. The van der Waals surface area contributed by atoms with Crippen molar-refractivity contribution in [1.29, 1.82) is 0 Å². The van der Waals surface area contributed by atoms with E-state index in [2.05, 4.69) is 13.8 Å². The average molecular weight is 359 g/mol. The Morgan fingerprint density at radius 2 is 1.04 bits per heavy atom. The summed E-state index contributed by atoms with van der Waals surface area (Å²) in [6.07, 6.45) is 22.1. The third-order valence-corrected chi connectivity index (χ3v) is 8.40. The fourth-order valence-corrected chi connectivity index (χ4v) is 6.96. The summed E-state index contributed by atoms with van der Waals surface area (Å²) in [5, 5.41) is 0. The van der Waals surface area contributed by atoms with Gasteiger partial charge in [0, 0.05) is 33.6 Å². The monoisotopic (exact) mass is 358 g/mol. The molecule has 0 atom stereocenters. The molecule has 0 N–H and O–H groups in total. The molecule has 0 bridgehead atoms. The van der Waals surface area contributed by atoms with Gasteiger partial charge in [0.1, 0.15) is 0 Å². The van der Waals surface area contributed by atoms with E-state index < -0.39 is 0 Å². The molecule has 2 rings (SSSR count). The van der Waals surface area contributed by atoms with E-state index in [9.17, 15) is 0 Å². The highest BCUT2D eigenvalue weighted by Gasteiger charge is 2.37. The molecule has 3 heteroatoms. The van der Waals surface area contributed by atoms with Crippen molar-refractivity contribution in [3.63, 3.8) is 0 Å². The van der Waals surface area contributed by atoms with E-state index >= 15 is 0 Å². The summed E-state index contributed by atoms with van der Waals surface area (Å²) in [4.78, 5) is 0.